The maximum absolute atomic E-state index is 12.4. The SMILES string of the molecule is CCSC1CCCC1NS(=O)(=O)c1c[nH]c(CNC)c1. The summed E-state index contributed by atoms with van der Waals surface area (Å²) in [6.45, 7) is 2.75. The van der Waals surface area contributed by atoms with Crippen molar-refractivity contribution in [3.63, 3.8) is 0 Å². The monoisotopic (exact) mass is 317 g/mol. The van der Waals surface area contributed by atoms with Gasteiger partial charge < -0.3 is 10.3 Å². The van der Waals surface area contributed by atoms with E-state index in [1.807, 2.05) is 18.8 Å². The molecule has 1 heterocycles. The Morgan fingerprint density at radius 2 is 2.25 bits per heavy atom. The Hall–Kier alpha value is -0.500. The van der Waals surface area contributed by atoms with E-state index in [4.69, 9.17) is 0 Å². The van der Waals surface area contributed by atoms with Crippen molar-refractivity contribution < 1.29 is 8.42 Å². The Labute approximate surface area is 125 Å². The molecule has 1 fully saturated rings. The Morgan fingerprint density at radius 1 is 1.45 bits per heavy atom. The minimum absolute atomic E-state index is 0.0626. The Balaban J connectivity index is 2.06. The molecule has 0 spiro atoms. The molecule has 0 radical (unpaired) electrons. The number of sulfonamides is 1. The van der Waals surface area contributed by atoms with Crippen molar-refractivity contribution in [2.24, 2.45) is 0 Å². The van der Waals surface area contributed by atoms with Crippen LogP contribution in [0.15, 0.2) is 17.2 Å². The van der Waals surface area contributed by atoms with E-state index in [1.54, 1.807) is 12.3 Å². The molecule has 3 N–H and O–H groups in total. The van der Waals surface area contributed by atoms with E-state index in [9.17, 15) is 8.42 Å². The van der Waals surface area contributed by atoms with Crippen LogP contribution in [0.3, 0.4) is 0 Å². The quantitative estimate of drug-likeness (QED) is 0.715. The van der Waals surface area contributed by atoms with Gasteiger partial charge in [0.2, 0.25) is 10.0 Å². The summed E-state index contributed by atoms with van der Waals surface area (Å²) in [6, 6.07) is 1.75. The standard InChI is InChI=1S/C13H23N3O2S2/c1-3-19-13-6-4-5-12(13)16-20(17,18)11-7-10(8-14-2)15-9-11/h7,9,12-16H,3-6,8H2,1-2H3. The summed E-state index contributed by atoms with van der Waals surface area (Å²) < 4.78 is 27.7. The first-order chi connectivity index (χ1) is 9.56. The smallest absolute Gasteiger partial charge is 0.242 e. The highest BCUT2D eigenvalue weighted by Crippen LogP contribution is 2.30. The minimum atomic E-state index is -3.41. The summed E-state index contributed by atoms with van der Waals surface area (Å²) >= 11 is 1.85. The van der Waals surface area contributed by atoms with Crippen molar-refractivity contribution in [1.29, 1.82) is 0 Å². The van der Waals surface area contributed by atoms with Crippen LogP contribution < -0.4 is 10.0 Å². The van der Waals surface area contributed by atoms with E-state index in [0.29, 0.717) is 16.7 Å². The highest BCUT2D eigenvalue weighted by atomic mass is 32.2. The van der Waals surface area contributed by atoms with E-state index in [1.165, 1.54) is 0 Å². The summed E-state index contributed by atoms with van der Waals surface area (Å²) in [5, 5.41) is 3.40. The molecule has 0 aliphatic heterocycles. The number of aromatic nitrogens is 1. The number of rotatable bonds is 7. The van der Waals surface area contributed by atoms with E-state index in [-0.39, 0.29) is 6.04 Å². The highest BCUT2D eigenvalue weighted by Gasteiger charge is 2.31. The van der Waals surface area contributed by atoms with Crippen LogP contribution in [0, 0.1) is 0 Å². The van der Waals surface area contributed by atoms with Gasteiger partial charge in [-0.2, -0.15) is 11.8 Å². The average molecular weight is 317 g/mol. The van der Waals surface area contributed by atoms with Crippen LogP contribution in [0.5, 0.6) is 0 Å². The fourth-order valence-corrected chi connectivity index (χ4v) is 5.22. The van der Waals surface area contributed by atoms with Gasteiger partial charge >= 0.3 is 0 Å². The second-order valence-corrected chi connectivity index (χ2v) is 8.27. The number of hydrogen-bond acceptors (Lipinski definition) is 4. The number of H-pyrrole nitrogens is 1. The lowest BCUT2D eigenvalue weighted by Gasteiger charge is -2.19. The molecule has 0 aromatic carbocycles. The molecule has 1 saturated carbocycles. The van der Waals surface area contributed by atoms with Crippen molar-refractivity contribution in [3.05, 3.63) is 18.0 Å². The van der Waals surface area contributed by atoms with Gasteiger partial charge in [0, 0.05) is 29.7 Å². The molecule has 114 valence electrons. The molecule has 1 aliphatic rings. The predicted octanol–water partition coefficient (Wildman–Crippen LogP) is 1.69. The second-order valence-electron chi connectivity index (χ2n) is 5.04. The van der Waals surface area contributed by atoms with Crippen molar-refractivity contribution >= 4 is 21.8 Å². The van der Waals surface area contributed by atoms with Crippen molar-refractivity contribution in [1.82, 2.24) is 15.0 Å². The number of aromatic amines is 1. The Kier molecular flexibility index (Phi) is 5.54. The van der Waals surface area contributed by atoms with E-state index < -0.39 is 10.0 Å². The molecule has 1 aliphatic carbocycles. The zero-order valence-corrected chi connectivity index (χ0v) is 13.6. The summed E-state index contributed by atoms with van der Waals surface area (Å²) in [4.78, 5) is 3.32. The first-order valence-corrected chi connectivity index (χ1v) is 9.56. The molecular weight excluding hydrogens is 294 g/mol. The lowest BCUT2D eigenvalue weighted by molar-refractivity contribution is 0.555. The van der Waals surface area contributed by atoms with Crippen molar-refractivity contribution in [2.45, 2.75) is 48.9 Å². The van der Waals surface area contributed by atoms with Gasteiger partial charge in [0.05, 0.1) is 4.90 Å². The van der Waals surface area contributed by atoms with Crippen LogP contribution in [0.4, 0.5) is 0 Å². The lowest BCUT2D eigenvalue weighted by atomic mass is 10.3. The van der Waals surface area contributed by atoms with E-state index in [2.05, 4.69) is 21.9 Å². The molecule has 5 nitrogen and oxygen atoms in total. The maximum Gasteiger partial charge on any atom is 0.242 e. The molecule has 7 heteroatoms. The number of nitrogens with one attached hydrogen (secondary N) is 3. The second kappa shape index (κ2) is 6.98. The summed E-state index contributed by atoms with van der Waals surface area (Å²) in [5.74, 6) is 1.03. The number of thioether (sulfide) groups is 1. The minimum Gasteiger partial charge on any atom is -0.363 e. The normalized spacial score (nSPS) is 23.3. The molecule has 20 heavy (non-hydrogen) atoms. The molecule has 2 unspecified atom stereocenters. The molecule has 2 rings (SSSR count). The van der Waals surface area contributed by atoms with Crippen LogP contribution in [-0.2, 0) is 16.6 Å². The first-order valence-electron chi connectivity index (χ1n) is 7.02. The molecule has 1 aromatic rings. The van der Waals surface area contributed by atoms with Crippen LogP contribution in [-0.4, -0.2) is 37.5 Å². The molecule has 0 bridgehead atoms. The van der Waals surface area contributed by atoms with Gasteiger partial charge in [-0.25, -0.2) is 13.1 Å². The summed E-state index contributed by atoms with van der Waals surface area (Å²) in [6.07, 6.45) is 4.70. The molecule has 1 aromatic heterocycles. The fourth-order valence-electron chi connectivity index (χ4n) is 2.61. The molecule has 0 amide bonds. The number of hydrogen-bond donors (Lipinski definition) is 3. The largest absolute Gasteiger partial charge is 0.363 e. The van der Waals surface area contributed by atoms with Gasteiger partial charge in [-0.1, -0.05) is 13.3 Å². The highest BCUT2D eigenvalue weighted by molar-refractivity contribution is 8.00. The van der Waals surface area contributed by atoms with E-state index >= 15 is 0 Å². The first kappa shape index (κ1) is 15.9. The lowest BCUT2D eigenvalue weighted by Crippen LogP contribution is -2.38. The zero-order valence-electron chi connectivity index (χ0n) is 12.0. The average Bonchev–Trinajstić information content (AvgIpc) is 3.01. The van der Waals surface area contributed by atoms with E-state index in [0.717, 1.165) is 30.7 Å². The van der Waals surface area contributed by atoms with Crippen molar-refractivity contribution in [2.75, 3.05) is 12.8 Å². The predicted molar refractivity (Wildman–Crippen MR) is 83.4 cm³/mol. The van der Waals surface area contributed by atoms with Gasteiger partial charge in [-0.3, -0.25) is 0 Å². The van der Waals surface area contributed by atoms with Gasteiger partial charge in [0.15, 0.2) is 0 Å². The van der Waals surface area contributed by atoms with Crippen LogP contribution in [0.1, 0.15) is 31.9 Å². The molecular formula is C13H23N3O2S2. The summed E-state index contributed by atoms with van der Waals surface area (Å²) in [5.41, 5.74) is 0.874. The van der Waals surface area contributed by atoms with Crippen LogP contribution >= 0.6 is 11.8 Å². The third-order valence-corrected chi connectivity index (χ3v) is 6.33. The van der Waals surface area contributed by atoms with Gasteiger partial charge in [0.25, 0.3) is 0 Å². The summed E-state index contributed by atoms with van der Waals surface area (Å²) in [7, 11) is -1.58. The third-order valence-electron chi connectivity index (χ3n) is 3.53. The van der Waals surface area contributed by atoms with Crippen molar-refractivity contribution in [3.8, 4) is 0 Å². The van der Waals surface area contributed by atoms with Gasteiger partial charge in [-0.15, -0.1) is 0 Å². The zero-order chi connectivity index (χ0) is 14.6. The van der Waals surface area contributed by atoms with Gasteiger partial charge in [0.1, 0.15) is 0 Å². The maximum atomic E-state index is 12.4. The fraction of sp³-hybridized carbons (Fsp3) is 0.692. The van der Waals surface area contributed by atoms with Crippen LogP contribution in [0.2, 0.25) is 0 Å². The molecule has 0 saturated heterocycles. The Morgan fingerprint density at radius 3 is 2.95 bits per heavy atom. The van der Waals surface area contributed by atoms with Crippen LogP contribution in [0.25, 0.3) is 0 Å². The Bertz CT molecular complexity index is 527. The molecule has 2 atom stereocenters. The van der Waals surface area contributed by atoms with Gasteiger partial charge in [-0.05, 0) is 31.7 Å². The topological polar surface area (TPSA) is 74.0 Å². The third kappa shape index (κ3) is 3.78.